The van der Waals surface area contributed by atoms with E-state index >= 15 is 0 Å². The van der Waals surface area contributed by atoms with Crippen LogP contribution in [0.4, 0.5) is 10.5 Å². The van der Waals surface area contributed by atoms with Gasteiger partial charge in [0.05, 0.1) is 23.2 Å². The van der Waals surface area contributed by atoms with Gasteiger partial charge in [0.15, 0.2) is 0 Å². The highest BCUT2D eigenvalue weighted by molar-refractivity contribution is 6.03. The van der Waals surface area contributed by atoms with Crippen molar-refractivity contribution in [3.63, 3.8) is 0 Å². The number of likely N-dealkylation sites (N-methyl/N-ethyl adjacent to an activating group) is 1. The SMILES string of the molecule is C=CCOC12Oc3ccc(OC(=O)NCCCCCCCCCCCC)cc3C3C(CCCCO)C(CCCCO)C=C(C(=NOCc4ccccc4)CC1N(C)C(=O)C=Cc1ccc([N+](=O)[O-])cc1)C32. The van der Waals surface area contributed by atoms with Gasteiger partial charge in [-0.2, -0.15) is 0 Å². The van der Waals surface area contributed by atoms with Gasteiger partial charge >= 0.3 is 6.09 Å². The summed E-state index contributed by atoms with van der Waals surface area (Å²) in [7, 11) is 1.71. The molecule has 71 heavy (non-hydrogen) atoms. The van der Waals surface area contributed by atoms with Crippen molar-refractivity contribution in [3.05, 3.63) is 130 Å². The predicted octanol–water partition coefficient (Wildman–Crippen LogP) is 11.6. The Bertz CT molecular complexity index is 2270. The van der Waals surface area contributed by atoms with Gasteiger partial charge in [-0.25, -0.2) is 4.79 Å². The Morgan fingerprint density at radius 2 is 1.61 bits per heavy atom. The fraction of sp³-hybridized carbons (Fsp3) is 0.526. The molecular formula is C57H76N4O10. The second-order valence-corrected chi connectivity index (χ2v) is 19.2. The molecule has 3 aromatic rings. The monoisotopic (exact) mass is 977 g/mol. The molecular weight excluding hydrogens is 901 g/mol. The number of aliphatic hydroxyl groups excluding tert-OH is 2. The first-order chi connectivity index (χ1) is 34.6. The Kier molecular flexibility index (Phi) is 21.7. The molecule has 6 unspecified atom stereocenters. The van der Waals surface area contributed by atoms with Gasteiger partial charge in [0, 0.05) is 62.9 Å². The highest BCUT2D eigenvalue weighted by Gasteiger charge is 2.65. The fourth-order valence-corrected chi connectivity index (χ4v) is 10.6. The van der Waals surface area contributed by atoms with Gasteiger partial charge in [0.2, 0.25) is 11.7 Å². The van der Waals surface area contributed by atoms with E-state index in [9.17, 15) is 29.9 Å². The van der Waals surface area contributed by atoms with Gasteiger partial charge in [-0.05, 0) is 97.0 Å². The van der Waals surface area contributed by atoms with Crippen LogP contribution in [0.2, 0.25) is 0 Å². The lowest BCUT2D eigenvalue weighted by Crippen LogP contribution is -2.69. The van der Waals surface area contributed by atoms with Crippen LogP contribution in [-0.4, -0.2) is 83.0 Å². The van der Waals surface area contributed by atoms with Gasteiger partial charge in [0.25, 0.3) is 5.69 Å². The number of nitrogens with zero attached hydrogens (tertiary/aromatic N) is 3. The minimum Gasteiger partial charge on any atom is -0.459 e. The summed E-state index contributed by atoms with van der Waals surface area (Å²) in [6.45, 7) is 7.18. The number of nitrogens with one attached hydrogen (secondary N) is 1. The number of aliphatic hydroxyl groups is 2. The Morgan fingerprint density at radius 3 is 2.28 bits per heavy atom. The van der Waals surface area contributed by atoms with Gasteiger partial charge in [-0.1, -0.05) is 125 Å². The second-order valence-electron chi connectivity index (χ2n) is 19.2. The largest absolute Gasteiger partial charge is 0.459 e. The van der Waals surface area contributed by atoms with Crippen LogP contribution in [0.5, 0.6) is 11.5 Å². The van der Waals surface area contributed by atoms with E-state index in [-0.39, 0.29) is 62.2 Å². The Balaban J connectivity index is 1.37. The molecule has 3 aliphatic rings. The summed E-state index contributed by atoms with van der Waals surface area (Å²) in [5, 5.41) is 39.1. The summed E-state index contributed by atoms with van der Waals surface area (Å²) in [6.07, 6.45) is 22.9. The van der Waals surface area contributed by atoms with E-state index in [4.69, 9.17) is 24.2 Å². The molecule has 1 saturated carbocycles. The summed E-state index contributed by atoms with van der Waals surface area (Å²) in [6, 6.07) is 20.4. The topological polar surface area (TPSA) is 182 Å². The molecule has 6 rings (SSSR count). The van der Waals surface area contributed by atoms with Gasteiger partial charge in [-0.3, -0.25) is 14.9 Å². The number of nitro groups is 1. The molecule has 384 valence electrons. The van der Waals surface area contributed by atoms with Crippen LogP contribution in [0.25, 0.3) is 6.08 Å². The zero-order valence-electron chi connectivity index (χ0n) is 41.9. The van der Waals surface area contributed by atoms with E-state index in [1.807, 2.05) is 42.5 Å². The van der Waals surface area contributed by atoms with E-state index in [0.717, 1.165) is 61.6 Å². The number of fused-ring (bicyclic) bond motifs is 2. The molecule has 1 aliphatic heterocycles. The van der Waals surface area contributed by atoms with Crippen molar-refractivity contribution < 1.29 is 43.8 Å². The zero-order chi connectivity index (χ0) is 50.4. The third kappa shape index (κ3) is 14.9. The smallest absolute Gasteiger partial charge is 0.412 e. The maximum absolute atomic E-state index is 14.5. The number of hydrogen-bond acceptors (Lipinski definition) is 11. The average Bonchev–Trinajstić information content (AvgIpc) is 3.38. The van der Waals surface area contributed by atoms with E-state index in [1.54, 1.807) is 42.3 Å². The van der Waals surface area contributed by atoms with E-state index < -0.39 is 28.8 Å². The average molecular weight is 977 g/mol. The van der Waals surface area contributed by atoms with Crippen molar-refractivity contribution in [2.24, 2.45) is 22.9 Å². The highest BCUT2D eigenvalue weighted by atomic mass is 16.7. The molecule has 3 aromatic carbocycles. The minimum absolute atomic E-state index is 0.00773. The van der Waals surface area contributed by atoms with Gasteiger partial charge in [-0.15, -0.1) is 6.58 Å². The number of oxime groups is 1. The van der Waals surface area contributed by atoms with Crippen LogP contribution >= 0.6 is 0 Å². The lowest BCUT2D eigenvalue weighted by molar-refractivity contribution is -0.384. The fourth-order valence-electron chi connectivity index (χ4n) is 10.6. The van der Waals surface area contributed by atoms with Crippen LogP contribution in [0.15, 0.2) is 108 Å². The number of unbranched alkanes of at least 4 members (excludes halogenated alkanes) is 11. The Morgan fingerprint density at radius 1 is 0.915 bits per heavy atom. The molecule has 14 heteroatoms. The molecule has 6 atom stereocenters. The van der Waals surface area contributed by atoms with Crippen LogP contribution in [0.1, 0.15) is 139 Å². The molecule has 3 N–H and O–H groups in total. The number of allylic oxidation sites excluding steroid dienone is 1. The Labute approximate surface area is 420 Å². The first kappa shape index (κ1) is 54.5. The molecule has 14 nitrogen and oxygen atoms in total. The lowest BCUT2D eigenvalue weighted by Gasteiger charge is -2.59. The van der Waals surface area contributed by atoms with E-state index in [1.165, 1.54) is 63.2 Å². The van der Waals surface area contributed by atoms with Crippen LogP contribution in [0, 0.1) is 27.9 Å². The Hall–Kier alpha value is -5.83. The molecule has 0 radical (unpaired) electrons. The number of benzene rings is 3. The number of ether oxygens (including phenoxy) is 3. The van der Waals surface area contributed by atoms with Crippen molar-refractivity contribution >= 4 is 29.5 Å². The normalized spacial score (nSPS) is 21.7. The van der Waals surface area contributed by atoms with Crippen molar-refractivity contribution in [3.8, 4) is 11.5 Å². The molecule has 0 bridgehead atoms. The third-order valence-corrected chi connectivity index (χ3v) is 14.2. The summed E-state index contributed by atoms with van der Waals surface area (Å²) < 4.78 is 20.3. The van der Waals surface area contributed by atoms with Crippen LogP contribution in [0.3, 0.4) is 0 Å². The van der Waals surface area contributed by atoms with Crippen molar-refractivity contribution in [2.75, 3.05) is 33.4 Å². The molecule has 0 aromatic heterocycles. The maximum Gasteiger partial charge on any atom is 0.412 e. The summed E-state index contributed by atoms with van der Waals surface area (Å²) in [4.78, 5) is 46.5. The van der Waals surface area contributed by atoms with Gasteiger partial charge < -0.3 is 39.5 Å². The number of hydrogen-bond donors (Lipinski definition) is 3. The summed E-state index contributed by atoms with van der Waals surface area (Å²) in [5.74, 6) is -1.85. The number of amides is 2. The zero-order valence-corrected chi connectivity index (χ0v) is 41.9. The van der Waals surface area contributed by atoms with E-state index in [0.29, 0.717) is 42.2 Å². The number of nitro benzene ring substituents is 1. The van der Waals surface area contributed by atoms with E-state index in [2.05, 4.69) is 24.9 Å². The van der Waals surface area contributed by atoms with Gasteiger partial charge in [0.1, 0.15) is 24.1 Å². The number of carbonyl (C=O) groups is 2. The second kappa shape index (κ2) is 28.3. The first-order valence-electron chi connectivity index (χ1n) is 26.0. The van der Waals surface area contributed by atoms with Crippen molar-refractivity contribution in [1.82, 2.24) is 10.2 Å². The summed E-state index contributed by atoms with van der Waals surface area (Å²) in [5.41, 5.74) is 3.85. The quantitative estimate of drug-likeness (QED) is 0.0191. The molecule has 0 spiro atoms. The molecule has 2 amide bonds. The molecule has 2 aliphatic carbocycles. The number of non-ortho nitro benzene ring substituents is 1. The molecule has 1 heterocycles. The highest BCUT2D eigenvalue weighted by Crippen LogP contribution is 2.62. The minimum atomic E-state index is -1.48. The van der Waals surface area contributed by atoms with Crippen molar-refractivity contribution in [2.45, 2.75) is 140 Å². The summed E-state index contributed by atoms with van der Waals surface area (Å²) >= 11 is 0. The molecule has 0 saturated heterocycles. The van der Waals surface area contributed by atoms with Crippen LogP contribution in [-0.2, 0) is 21.0 Å². The molecule has 1 fully saturated rings. The third-order valence-electron chi connectivity index (χ3n) is 14.2. The maximum atomic E-state index is 14.5. The van der Waals surface area contributed by atoms with Crippen LogP contribution < -0.4 is 14.8 Å². The lowest BCUT2D eigenvalue weighted by atomic mass is 9.55. The standard InChI is InChI=1S/C57H76N4O10/c1-4-6-7-8-9-10-11-12-13-19-34-58-56(65)70-46-31-32-51-49(39-46)54-47(25-18-21-36-63)44(24-17-20-35-62)38-48-50(59-69-41-43-22-15-14-16-23-43)40-52(57(71-51,55(48)54)68-37-5-2)60(3)53(64)33-28-42-26-29-45(30-27-42)61(66)67/h5,14-16,22-23,26-33,38-39,44,47,52,54-55,62-63H,2,4,6-13,17-21,24-25,34-37,40-41H2,1,3H3,(H,58,65). The predicted molar refractivity (Wildman–Crippen MR) is 277 cm³/mol. The van der Waals surface area contributed by atoms with Crippen molar-refractivity contribution in [1.29, 1.82) is 0 Å². The first-order valence-corrected chi connectivity index (χ1v) is 26.0. The number of carbonyl (C=O) groups excluding carboxylic acids is 2. The number of rotatable bonds is 30.